The van der Waals surface area contributed by atoms with E-state index in [1.165, 1.54) is 18.2 Å². The number of aliphatic hydroxyl groups excluding tert-OH is 2. The van der Waals surface area contributed by atoms with Crippen LogP contribution in [0.5, 0.6) is 0 Å². The van der Waals surface area contributed by atoms with Gasteiger partial charge in [-0.1, -0.05) is 6.07 Å². The number of nitro groups is 1. The number of hydrogen-bond donors (Lipinski definition) is 2. The summed E-state index contributed by atoms with van der Waals surface area (Å²) in [6.45, 7) is -0.238. The molecule has 0 unspecified atom stereocenters. The van der Waals surface area contributed by atoms with Crippen LogP contribution < -0.4 is 0 Å². The number of non-ortho nitro benzene ring substituents is 1. The van der Waals surface area contributed by atoms with Crippen LogP contribution >= 0.6 is 0 Å². The minimum atomic E-state index is -0.711. The first-order valence-electron chi connectivity index (χ1n) is 8.01. The molecule has 0 aliphatic carbocycles. The van der Waals surface area contributed by atoms with Gasteiger partial charge in [-0.05, 0) is 17.7 Å². The molecule has 9 heteroatoms. The van der Waals surface area contributed by atoms with E-state index in [4.69, 9.17) is 14.3 Å². The number of fused-ring (bicyclic) bond motifs is 1. The number of ether oxygens (including phenoxy) is 1. The standard InChI is InChI=1S/C17H15N3O6/c21-8-16-13(22)6-14(25-16)9-1-3-12(18-7-9)17-19-11-4-2-10(20(23)24)5-15(11)26-17/h1-5,7,13-14,16,21-22H,6,8H2/t13-,14-,16-/m1/s1. The van der Waals surface area contributed by atoms with Crippen molar-refractivity contribution in [2.75, 3.05) is 6.61 Å². The van der Waals surface area contributed by atoms with Crippen molar-refractivity contribution in [1.82, 2.24) is 9.97 Å². The van der Waals surface area contributed by atoms with Crippen LogP contribution in [0.2, 0.25) is 0 Å². The highest BCUT2D eigenvalue weighted by atomic mass is 16.6. The second kappa shape index (κ2) is 6.45. The summed E-state index contributed by atoms with van der Waals surface area (Å²) in [5.41, 5.74) is 2.00. The molecule has 1 aliphatic heterocycles. The van der Waals surface area contributed by atoms with Crippen LogP contribution in [-0.2, 0) is 4.74 Å². The molecule has 4 rings (SSSR count). The summed E-state index contributed by atoms with van der Waals surface area (Å²) in [5.74, 6) is 0.257. The Morgan fingerprint density at radius 2 is 2.15 bits per heavy atom. The lowest BCUT2D eigenvalue weighted by Crippen LogP contribution is -2.24. The van der Waals surface area contributed by atoms with Crippen molar-refractivity contribution in [2.24, 2.45) is 0 Å². The summed E-state index contributed by atoms with van der Waals surface area (Å²) >= 11 is 0. The van der Waals surface area contributed by atoms with Crippen molar-refractivity contribution < 1.29 is 24.3 Å². The highest BCUT2D eigenvalue weighted by molar-refractivity contribution is 5.78. The normalized spacial score (nSPS) is 22.8. The van der Waals surface area contributed by atoms with Gasteiger partial charge in [0.15, 0.2) is 5.58 Å². The first-order chi connectivity index (χ1) is 12.5. The molecule has 26 heavy (non-hydrogen) atoms. The average Bonchev–Trinajstić information content (AvgIpc) is 3.24. The topological polar surface area (TPSA) is 132 Å². The van der Waals surface area contributed by atoms with Crippen molar-refractivity contribution >= 4 is 16.8 Å². The Balaban J connectivity index is 1.59. The third-order valence-electron chi connectivity index (χ3n) is 4.36. The summed E-state index contributed by atoms with van der Waals surface area (Å²) in [5, 5.41) is 29.8. The van der Waals surface area contributed by atoms with E-state index in [0.717, 1.165) is 5.56 Å². The van der Waals surface area contributed by atoms with E-state index >= 15 is 0 Å². The SMILES string of the molecule is O=[N+]([O-])c1ccc2nc(-c3ccc([C@H]4C[C@@H](O)[C@@H](CO)O4)cn3)oc2c1. The zero-order valence-electron chi connectivity index (χ0n) is 13.5. The lowest BCUT2D eigenvalue weighted by molar-refractivity contribution is -0.384. The first-order valence-corrected chi connectivity index (χ1v) is 8.01. The molecule has 3 atom stereocenters. The lowest BCUT2D eigenvalue weighted by atomic mass is 10.1. The van der Waals surface area contributed by atoms with Gasteiger partial charge in [-0.3, -0.25) is 15.1 Å². The van der Waals surface area contributed by atoms with Crippen LogP contribution in [-0.4, -0.2) is 43.9 Å². The van der Waals surface area contributed by atoms with Gasteiger partial charge in [0.2, 0.25) is 5.89 Å². The maximum Gasteiger partial charge on any atom is 0.273 e. The van der Waals surface area contributed by atoms with Crippen molar-refractivity contribution in [1.29, 1.82) is 0 Å². The molecule has 1 fully saturated rings. The molecule has 0 radical (unpaired) electrons. The first kappa shape index (κ1) is 16.6. The van der Waals surface area contributed by atoms with E-state index in [0.29, 0.717) is 23.2 Å². The summed E-state index contributed by atoms with van der Waals surface area (Å²) in [6, 6.07) is 7.71. The van der Waals surface area contributed by atoms with Crippen molar-refractivity contribution in [2.45, 2.75) is 24.7 Å². The van der Waals surface area contributed by atoms with E-state index < -0.39 is 17.1 Å². The summed E-state index contributed by atoms with van der Waals surface area (Å²) in [4.78, 5) is 18.9. The molecule has 3 aromatic rings. The molecule has 0 bridgehead atoms. The number of hydrogen-bond acceptors (Lipinski definition) is 8. The van der Waals surface area contributed by atoms with E-state index in [1.54, 1.807) is 18.3 Å². The zero-order chi connectivity index (χ0) is 18.3. The van der Waals surface area contributed by atoms with E-state index in [2.05, 4.69) is 9.97 Å². The Morgan fingerprint density at radius 3 is 2.81 bits per heavy atom. The maximum absolute atomic E-state index is 10.8. The molecule has 134 valence electrons. The summed E-state index contributed by atoms with van der Waals surface area (Å²) < 4.78 is 11.2. The van der Waals surface area contributed by atoms with Gasteiger partial charge in [-0.2, -0.15) is 0 Å². The molecular formula is C17H15N3O6. The molecule has 2 aromatic heterocycles. The van der Waals surface area contributed by atoms with Gasteiger partial charge in [-0.25, -0.2) is 4.98 Å². The van der Waals surface area contributed by atoms with Gasteiger partial charge >= 0.3 is 0 Å². The fourth-order valence-electron chi connectivity index (χ4n) is 2.97. The molecular weight excluding hydrogens is 342 g/mol. The highest BCUT2D eigenvalue weighted by Gasteiger charge is 2.34. The van der Waals surface area contributed by atoms with Crippen LogP contribution in [0, 0.1) is 10.1 Å². The summed E-state index contributed by atoms with van der Waals surface area (Å²) in [7, 11) is 0. The molecule has 2 N–H and O–H groups in total. The van der Waals surface area contributed by atoms with Gasteiger partial charge in [0.05, 0.1) is 29.8 Å². The largest absolute Gasteiger partial charge is 0.434 e. The highest BCUT2D eigenvalue weighted by Crippen LogP contribution is 2.33. The molecule has 0 saturated carbocycles. The summed E-state index contributed by atoms with van der Waals surface area (Å²) in [6.07, 6.45) is 0.350. The molecule has 1 aromatic carbocycles. The molecule has 9 nitrogen and oxygen atoms in total. The molecule has 1 saturated heterocycles. The fraction of sp³-hybridized carbons (Fsp3) is 0.294. The van der Waals surface area contributed by atoms with Crippen LogP contribution in [0.25, 0.3) is 22.7 Å². The van der Waals surface area contributed by atoms with Crippen molar-refractivity contribution in [3.8, 4) is 11.6 Å². The second-order valence-electron chi connectivity index (χ2n) is 6.05. The lowest BCUT2D eigenvalue weighted by Gasteiger charge is -2.12. The number of aliphatic hydroxyl groups is 2. The van der Waals surface area contributed by atoms with Crippen LogP contribution in [0.1, 0.15) is 18.1 Å². The Labute approximate surface area is 147 Å². The number of nitrogens with zero attached hydrogens (tertiary/aromatic N) is 3. The van der Waals surface area contributed by atoms with E-state index in [-0.39, 0.29) is 24.3 Å². The van der Waals surface area contributed by atoms with Gasteiger partial charge in [-0.15, -0.1) is 0 Å². The van der Waals surface area contributed by atoms with E-state index in [9.17, 15) is 15.2 Å². The zero-order valence-corrected chi connectivity index (χ0v) is 13.5. The monoisotopic (exact) mass is 357 g/mol. The van der Waals surface area contributed by atoms with Gasteiger partial charge in [0, 0.05) is 18.7 Å². The number of nitro benzene ring substituents is 1. The van der Waals surface area contributed by atoms with Crippen molar-refractivity contribution in [3.63, 3.8) is 0 Å². The van der Waals surface area contributed by atoms with Gasteiger partial charge < -0.3 is 19.4 Å². The Kier molecular flexibility index (Phi) is 4.11. The Morgan fingerprint density at radius 1 is 1.31 bits per heavy atom. The van der Waals surface area contributed by atoms with E-state index in [1.807, 2.05) is 0 Å². The number of rotatable bonds is 4. The van der Waals surface area contributed by atoms with Gasteiger partial charge in [0.1, 0.15) is 17.3 Å². The van der Waals surface area contributed by atoms with Crippen LogP contribution in [0.3, 0.4) is 0 Å². The average molecular weight is 357 g/mol. The third-order valence-corrected chi connectivity index (χ3v) is 4.36. The number of benzene rings is 1. The number of pyridine rings is 1. The predicted octanol–water partition coefficient (Wildman–Crippen LogP) is 1.98. The fourth-order valence-corrected chi connectivity index (χ4v) is 2.97. The second-order valence-corrected chi connectivity index (χ2v) is 6.05. The third kappa shape index (κ3) is 2.92. The number of aromatic nitrogens is 2. The molecule has 3 heterocycles. The minimum absolute atomic E-state index is 0.0705. The quantitative estimate of drug-likeness (QED) is 0.535. The smallest absolute Gasteiger partial charge is 0.273 e. The Bertz CT molecular complexity index is 955. The Hall–Kier alpha value is -2.88. The molecule has 1 aliphatic rings. The molecule has 0 spiro atoms. The number of oxazole rings is 1. The maximum atomic E-state index is 10.8. The van der Waals surface area contributed by atoms with Crippen LogP contribution in [0.15, 0.2) is 40.9 Å². The molecule has 0 amide bonds. The minimum Gasteiger partial charge on any atom is -0.434 e. The predicted molar refractivity (Wildman–Crippen MR) is 89.2 cm³/mol. The van der Waals surface area contributed by atoms with Crippen molar-refractivity contribution in [3.05, 3.63) is 52.2 Å². The van der Waals surface area contributed by atoms with Gasteiger partial charge in [0.25, 0.3) is 5.69 Å². The van der Waals surface area contributed by atoms with Crippen LogP contribution in [0.4, 0.5) is 5.69 Å².